The van der Waals surface area contributed by atoms with E-state index in [0.717, 1.165) is 37.6 Å². The van der Waals surface area contributed by atoms with Gasteiger partial charge in [-0.2, -0.15) is 0 Å². The molecule has 2 aliphatic heterocycles. The number of aliphatic carboxylic acids is 1. The van der Waals surface area contributed by atoms with Crippen molar-refractivity contribution in [2.45, 2.75) is 38.1 Å². The molecule has 3 heterocycles. The van der Waals surface area contributed by atoms with Gasteiger partial charge in [-0.3, -0.25) is 4.79 Å². The predicted octanol–water partition coefficient (Wildman–Crippen LogP) is 0.997. The Morgan fingerprint density at radius 2 is 2.39 bits per heavy atom. The van der Waals surface area contributed by atoms with Crippen LogP contribution in [0.4, 0.5) is 0 Å². The van der Waals surface area contributed by atoms with Crippen LogP contribution >= 0.6 is 0 Å². The van der Waals surface area contributed by atoms with E-state index >= 15 is 0 Å². The number of hydrogen-bond acceptors (Lipinski definition) is 3. The summed E-state index contributed by atoms with van der Waals surface area (Å²) in [6.07, 6.45) is 5.82. The summed E-state index contributed by atoms with van der Waals surface area (Å²) in [4.78, 5) is 15.7. The van der Waals surface area contributed by atoms with Crippen molar-refractivity contribution in [3.8, 4) is 0 Å². The highest BCUT2D eigenvalue weighted by molar-refractivity contribution is 5.70. The Labute approximate surface area is 106 Å². The first-order valence-electron chi connectivity index (χ1n) is 6.73. The van der Waals surface area contributed by atoms with Crippen LogP contribution in [0.3, 0.4) is 0 Å². The summed E-state index contributed by atoms with van der Waals surface area (Å²) < 4.78 is 2.14. The van der Waals surface area contributed by atoms with Gasteiger partial charge in [-0.15, -0.1) is 0 Å². The fraction of sp³-hybridized carbons (Fsp3) is 0.692. The minimum absolute atomic E-state index is 0.253. The molecule has 0 radical (unpaired) electrons. The number of aryl methyl sites for hydroxylation is 1. The number of aromatic nitrogens is 2. The Hall–Kier alpha value is -1.36. The highest BCUT2D eigenvalue weighted by Crippen LogP contribution is 2.26. The van der Waals surface area contributed by atoms with E-state index in [2.05, 4.69) is 21.1 Å². The second-order valence-corrected chi connectivity index (χ2v) is 5.35. The number of carbonyl (C=O) groups is 1. The molecule has 0 aliphatic carbocycles. The Morgan fingerprint density at radius 1 is 1.50 bits per heavy atom. The number of hydrogen-bond donors (Lipinski definition) is 2. The van der Waals surface area contributed by atoms with E-state index in [-0.39, 0.29) is 5.92 Å². The topological polar surface area (TPSA) is 67.2 Å². The van der Waals surface area contributed by atoms with Gasteiger partial charge in [-0.1, -0.05) is 0 Å². The third kappa shape index (κ3) is 2.14. The second-order valence-electron chi connectivity index (χ2n) is 5.35. The molecule has 3 rings (SSSR count). The monoisotopic (exact) mass is 249 g/mol. The molecule has 0 bridgehead atoms. The molecule has 0 amide bonds. The number of rotatable bonds is 2. The summed E-state index contributed by atoms with van der Waals surface area (Å²) >= 11 is 0. The Balaban J connectivity index is 1.78. The molecule has 1 aromatic rings. The van der Waals surface area contributed by atoms with Gasteiger partial charge in [-0.05, 0) is 25.8 Å². The summed E-state index contributed by atoms with van der Waals surface area (Å²) in [5.41, 5.74) is 1.14. The fourth-order valence-corrected chi connectivity index (χ4v) is 2.96. The molecule has 2 aliphatic rings. The van der Waals surface area contributed by atoms with E-state index in [1.54, 1.807) is 0 Å². The number of imidazole rings is 1. The summed E-state index contributed by atoms with van der Waals surface area (Å²) in [5.74, 6) is 0.511. The summed E-state index contributed by atoms with van der Waals surface area (Å²) in [6, 6.07) is 0. The summed E-state index contributed by atoms with van der Waals surface area (Å²) in [7, 11) is 0. The third-order valence-electron chi connectivity index (χ3n) is 4.09. The van der Waals surface area contributed by atoms with Crippen molar-refractivity contribution in [3.05, 3.63) is 17.7 Å². The lowest BCUT2D eigenvalue weighted by Gasteiger charge is -2.20. The maximum Gasteiger partial charge on any atom is 0.307 e. The minimum Gasteiger partial charge on any atom is -0.481 e. The van der Waals surface area contributed by atoms with Gasteiger partial charge in [-0.25, -0.2) is 4.98 Å². The largest absolute Gasteiger partial charge is 0.481 e. The Bertz CT molecular complexity index is 449. The van der Waals surface area contributed by atoms with Crippen LogP contribution < -0.4 is 5.32 Å². The van der Waals surface area contributed by atoms with Gasteiger partial charge in [0.25, 0.3) is 0 Å². The lowest BCUT2D eigenvalue weighted by molar-refractivity contribution is -0.142. The molecular weight excluding hydrogens is 230 g/mol. The number of nitrogens with zero attached hydrogens (tertiary/aromatic N) is 2. The van der Waals surface area contributed by atoms with E-state index in [0.29, 0.717) is 12.3 Å². The van der Waals surface area contributed by atoms with Crippen LogP contribution in [0.25, 0.3) is 0 Å². The van der Waals surface area contributed by atoms with Crippen molar-refractivity contribution < 1.29 is 9.90 Å². The SMILES string of the molecule is O=C(O)C1CCn2cc(C3CCCNC3)nc2C1. The van der Waals surface area contributed by atoms with Crippen LogP contribution in [-0.2, 0) is 17.8 Å². The number of carboxylic acids is 1. The molecule has 1 saturated heterocycles. The second kappa shape index (κ2) is 4.72. The van der Waals surface area contributed by atoms with E-state index in [1.165, 1.54) is 12.8 Å². The van der Waals surface area contributed by atoms with Crippen LogP contribution in [0.1, 0.15) is 36.7 Å². The van der Waals surface area contributed by atoms with Crippen LogP contribution in [0.5, 0.6) is 0 Å². The normalized spacial score (nSPS) is 27.8. The average Bonchev–Trinajstić information content (AvgIpc) is 2.82. The number of fused-ring (bicyclic) bond motifs is 1. The van der Waals surface area contributed by atoms with Crippen molar-refractivity contribution in [3.63, 3.8) is 0 Å². The Kier molecular flexibility index (Phi) is 3.07. The molecule has 1 aromatic heterocycles. The van der Waals surface area contributed by atoms with Gasteiger partial charge in [0.15, 0.2) is 0 Å². The van der Waals surface area contributed by atoms with Crippen LogP contribution in [0.2, 0.25) is 0 Å². The molecule has 5 nitrogen and oxygen atoms in total. The minimum atomic E-state index is -0.690. The van der Waals surface area contributed by atoms with E-state index in [1.807, 2.05) is 0 Å². The predicted molar refractivity (Wildman–Crippen MR) is 66.5 cm³/mol. The lowest BCUT2D eigenvalue weighted by atomic mass is 9.97. The van der Waals surface area contributed by atoms with Crippen molar-refractivity contribution in [2.24, 2.45) is 5.92 Å². The first-order chi connectivity index (χ1) is 8.74. The lowest BCUT2D eigenvalue weighted by Crippen LogP contribution is -2.28. The summed E-state index contributed by atoms with van der Waals surface area (Å²) in [6.45, 7) is 2.89. The van der Waals surface area contributed by atoms with Gasteiger partial charge in [0.1, 0.15) is 5.82 Å². The van der Waals surface area contributed by atoms with Crippen molar-refractivity contribution in [2.75, 3.05) is 13.1 Å². The van der Waals surface area contributed by atoms with E-state index in [4.69, 9.17) is 5.11 Å². The van der Waals surface area contributed by atoms with Crippen molar-refractivity contribution >= 4 is 5.97 Å². The molecule has 0 saturated carbocycles. The maximum atomic E-state index is 11.0. The first kappa shape index (κ1) is 11.7. The standard InChI is InChI=1S/C13H19N3O2/c17-13(18)9-3-5-16-8-11(15-12(16)6-9)10-2-1-4-14-7-10/h8-10,14H,1-7H2,(H,17,18). The molecule has 98 valence electrons. The first-order valence-corrected chi connectivity index (χ1v) is 6.73. The smallest absolute Gasteiger partial charge is 0.307 e. The molecule has 2 unspecified atom stereocenters. The number of carboxylic acid groups (broad SMARTS) is 1. The van der Waals surface area contributed by atoms with Gasteiger partial charge in [0.2, 0.25) is 0 Å². The van der Waals surface area contributed by atoms with Gasteiger partial charge in [0, 0.05) is 31.6 Å². The molecular formula is C13H19N3O2. The number of nitrogens with one attached hydrogen (secondary N) is 1. The molecule has 0 aromatic carbocycles. The Morgan fingerprint density at radius 3 is 3.11 bits per heavy atom. The molecule has 18 heavy (non-hydrogen) atoms. The zero-order valence-corrected chi connectivity index (χ0v) is 10.4. The molecule has 0 spiro atoms. The number of piperidine rings is 1. The molecule has 2 atom stereocenters. The highest BCUT2D eigenvalue weighted by Gasteiger charge is 2.27. The van der Waals surface area contributed by atoms with E-state index in [9.17, 15) is 4.79 Å². The highest BCUT2D eigenvalue weighted by atomic mass is 16.4. The maximum absolute atomic E-state index is 11.0. The van der Waals surface area contributed by atoms with Crippen molar-refractivity contribution in [1.29, 1.82) is 0 Å². The third-order valence-corrected chi connectivity index (χ3v) is 4.09. The zero-order chi connectivity index (χ0) is 12.5. The quantitative estimate of drug-likeness (QED) is 0.820. The molecule has 5 heteroatoms. The van der Waals surface area contributed by atoms with Crippen LogP contribution in [0, 0.1) is 5.92 Å². The van der Waals surface area contributed by atoms with E-state index < -0.39 is 5.97 Å². The van der Waals surface area contributed by atoms with Gasteiger partial charge < -0.3 is 15.0 Å². The van der Waals surface area contributed by atoms with Gasteiger partial charge in [0.05, 0.1) is 11.6 Å². The van der Waals surface area contributed by atoms with Crippen molar-refractivity contribution in [1.82, 2.24) is 14.9 Å². The molecule has 2 N–H and O–H groups in total. The van der Waals surface area contributed by atoms with Crippen LogP contribution in [-0.4, -0.2) is 33.7 Å². The van der Waals surface area contributed by atoms with Crippen LogP contribution in [0.15, 0.2) is 6.20 Å². The fourth-order valence-electron chi connectivity index (χ4n) is 2.96. The zero-order valence-electron chi connectivity index (χ0n) is 10.4. The molecule has 1 fully saturated rings. The van der Waals surface area contributed by atoms with Gasteiger partial charge >= 0.3 is 5.97 Å². The average molecular weight is 249 g/mol. The summed E-state index contributed by atoms with van der Waals surface area (Å²) in [5, 5.41) is 12.5.